The van der Waals surface area contributed by atoms with Crippen LogP contribution in [-0.2, 0) is 14.0 Å². The minimum atomic E-state index is -1.75. The molecule has 20 heavy (non-hydrogen) atoms. The number of hydrogen-bond acceptors (Lipinski definition) is 4. The van der Waals surface area contributed by atoms with E-state index in [9.17, 15) is 9.59 Å². The van der Waals surface area contributed by atoms with Gasteiger partial charge in [0.2, 0.25) is 0 Å². The first-order valence-corrected chi connectivity index (χ1v) is 10.7. The van der Waals surface area contributed by atoms with Gasteiger partial charge >= 0.3 is 11.9 Å². The van der Waals surface area contributed by atoms with Gasteiger partial charge in [-0.25, -0.2) is 0 Å². The molecule has 0 saturated carbocycles. The maximum absolute atomic E-state index is 10.9. The molecule has 0 aliphatic carbocycles. The van der Waals surface area contributed by atoms with Gasteiger partial charge in [-0.05, 0) is 18.1 Å². The maximum atomic E-state index is 10.9. The summed E-state index contributed by atoms with van der Waals surface area (Å²) in [6.45, 7) is 11.4. The Kier molecular flexibility index (Phi) is 7.83. The van der Waals surface area contributed by atoms with Crippen LogP contribution in [0.4, 0.5) is 0 Å². The van der Waals surface area contributed by atoms with E-state index in [4.69, 9.17) is 14.6 Å². The van der Waals surface area contributed by atoms with Crippen molar-refractivity contribution in [2.75, 3.05) is 18.1 Å². The van der Waals surface area contributed by atoms with E-state index in [0.29, 0.717) is 18.1 Å². The van der Waals surface area contributed by atoms with Crippen LogP contribution in [-0.4, -0.2) is 48.6 Å². The van der Waals surface area contributed by atoms with Crippen molar-refractivity contribution in [3.63, 3.8) is 0 Å². The molecule has 0 bridgehead atoms. The molecule has 0 radical (unpaired) electrons. The fourth-order valence-corrected chi connectivity index (χ4v) is 3.33. The highest BCUT2D eigenvalue weighted by Crippen LogP contribution is 2.36. The molecule has 2 N–H and O–H groups in total. The van der Waals surface area contributed by atoms with Gasteiger partial charge in [-0.3, -0.25) is 9.59 Å². The van der Waals surface area contributed by atoms with Crippen molar-refractivity contribution >= 4 is 32.0 Å². The molecular weight excluding hydrogens is 296 g/mol. The second-order valence-electron chi connectivity index (χ2n) is 6.32. The molecule has 0 aromatic carbocycles. The van der Waals surface area contributed by atoms with E-state index < -0.39 is 26.2 Å². The van der Waals surface area contributed by atoms with Gasteiger partial charge in [-0.15, -0.1) is 0 Å². The van der Waals surface area contributed by atoms with Gasteiger partial charge in [0.05, 0.1) is 12.3 Å². The van der Waals surface area contributed by atoms with Crippen LogP contribution in [0.15, 0.2) is 0 Å². The second kappa shape index (κ2) is 8.04. The third-order valence-electron chi connectivity index (χ3n) is 3.59. The lowest BCUT2D eigenvalue weighted by Gasteiger charge is -2.36. The highest BCUT2D eigenvalue weighted by Gasteiger charge is 2.36. The first kappa shape index (κ1) is 19.5. The third-order valence-corrected chi connectivity index (χ3v) is 9.22. The normalized spacial score (nSPS) is 14.1. The van der Waals surface area contributed by atoms with E-state index >= 15 is 0 Å². The Balaban J connectivity index is 4.02. The van der Waals surface area contributed by atoms with Crippen LogP contribution in [0.2, 0.25) is 18.1 Å². The van der Waals surface area contributed by atoms with Crippen LogP contribution >= 0.6 is 11.8 Å². The van der Waals surface area contributed by atoms with Crippen LogP contribution in [0.3, 0.4) is 0 Å². The molecule has 7 heteroatoms. The van der Waals surface area contributed by atoms with Crippen LogP contribution < -0.4 is 0 Å². The summed E-state index contributed by atoms with van der Waals surface area (Å²) in [5.74, 6) is -1.95. The summed E-state index contributed by atoms with van der Waals surface area (Å²) in [4.78, 5) is 21.4. The first-order valence-electron chi connectivity index (χ1n) is 6.63. The average molecular weight is 322 g/mol. The van der Waals surface area contributed by atoms with Crippen molar-refractivity contribution in [2.24, 2.45) is 5.92 Å². The predicted octanol–water partition coefficient (Wildman–Crippen LogP) is 2.92. The van der Waals surface area contributed by atoms with E-state index in [-0.39, 0.29) is 11.5 Å². The highest BCUT2D eigenvalue weighted by atomic mass is 32.2. The van der Waals surface area contributed by atoms with Crippen LogP contribution in [0.1, 0.15) is 27.2 Å². The monoisotopic (exact) mass is 322 g/mol. The quantitative estimate of drug-likeness (QED) is 0.501. The van der Waals surface area contributed by atoms with Crippen molar-refractivity contribution in [3.05, 3.63) is 0 Å². The molecule has 0 aliphatic rings. The van der Waals surface area contributed by atoms with Crippen LogP contribution in [0, 0.1) is 5.92 Å². The van der Waals surface area contributed by atoms with Gasteiger partial charge in [0.15, 0.2) is 8.32 Å². The zero-order valence-electron chi connectivity index (χ0n) is 12.9. The van der Waals surface area contributed by atoms with Crippen LogP contribution in [0.5, 0.6) is 0 Å². The molecule has 0 spiro atoms. The number of thioether (sulfide) groups is 1. The molecule has 0 aromatic heterocycles. The van der Waals surface area contributed by atoms with Crippen molar-refractivity contribution in [3.8, 4) is 0 Å². The zero-order chi connectivity index (χ0) is 16.0. The molecule has 0 amide bonds. The molecule has 0 heterocycles. The van der Waals surface area contributed by atoms with Crippen molar-refractivity contribution in [1.29, 1.82) is 0 Å². The smallest absolute Gasteiger partial charge is 0.307 e. The SMILES string of the molecule is CC(C)(C)[Si](C)(C)OCCSCC(CC(=O)O)C(=O)O. The molecule has 1 unspecified atom stereocenters. The summed E-state index contributed by atoms with van der Waals surface area (Å²) in [5, 5.41) is 17.7. The van der Waals surface area contributed by atoms with E-state index in [1.54, 1.807) is 0 Å². The molecule has 118 valence electrons. The fourth-order valence-electron chi connectivity index (χ4n) is 1.23. The molecule has 0 rings (SSSR count). The molecule has 0 saturated heterocycles. The van der Waals surface area contributed by atoms with Crippen molar-refractivity contribution < 1.29 is 24.2 Å². The molecule has 5 nitrogen and oxygen atoms in total. The highest BCUT2D eigenvalue weighted by molar-refractivity contribution is 7.99. The number of carboxylic acids is 2. The predicted molar refractivity (Wildman–Crippen MR) is 83.9 cm³/mol. The standard InChI is InChI=1S/C13H26O5SSi/c1-13(2,3)20(4,5)18-6-7-19-9-10(12(16)17)8-11(14)15/h10H,6-9H2,1-5H3,(H,14,15)(H,16,17). The maximum Gasteiger partial charge on any atom is 0.307 e. The average Bonchev–Trinajstić information content (AvgIpc) is 2.24. The Hall–Kier alpha value is -0.533. The third kappa shape index (κ3) is 7.30. The van der Waals surface area contributed by atoms with Crippen molar-refractivity contribution in [1.82, 2.24) is 0 Å². The van der Waals surface area contributed by atoms with Gasteiger partial charge < -0.3 is 14.6 Å². The number of rotatable bonds is 9. The molecule has 1 atom stereocenters. The van der Waals surface area contributed by atoms with Gasteiger partial charge in [0.25, 0.3) is 0 Å². The fraction of sp³-hybridized carbons (Fsp3) is 0.846. The number of carboxylic acid groups (broad SMARTS) is 2. The molecule has 0 fully saturated rings. The Labute approximate surface area is 126 Å². The topological polar surface area (TPSA) is 83.8 Å². The summed E-state index contributed by atoms with van der Waals surface area (Å²) in [6, 6.07) is 0. The zero-order valence-corrected chi connectivity index (χ0v) is 14.7. The summed E-state index contributed by atoms with van der Waals surface area (Å²) >= 11 is 1.44. The summed E-state index contributed by atoms with van der Waals surface area (Å²) in [5.41, 5.74) is 0. The largest absolute Gasteiger partial charge is 0.481 e. The summed E-state index contributed by atoms with van der Waals surface area (Å²) < 4.78 is 5.97. The van der Waals surface area contributed by atoms with E-state index in [1.165, 1.54) is 11.8 Å². The molecule has 0 aromatic rings. The van der Waals surface area contributed by atoms with Gasteiger partial charge in [-0.1, -0.05) is 20.8 Å². The summed E-state index contributed by atoms with van der Waals surface area (Å²) in [7, 11) is -1.75. The minimum Gasteiger partial charge on any atom is -0.481 e. The Morgan fingerprint density at radius 1 is 1.25 bits per heavy atom. The Morgan fingerprint density at radius 3 is 2.20 bits per heavy atom. The Bertz CT molecular complexity index is 338. The lowest BCUT2D eigenvalue weighted by molar-refractivity contribution is -0.147. The van der Waals surface area contributed by atoms with Gasteiger partial charge in [0, 0.05) is 18.1 Å². The Morgan fingerprint density at radius 2 is 1.80 bits per heavy atom. The van der Waals surface area contributed by atoms with E-state index in [2.05, 4.69) is 33.9 Å². The molecule has 0 aliphatic heterocycles. The van der Waals surface area contributed by atoms with Gasteiger partial charge in [0.1, 0.15) is 0 Å². The number of aliphatic carboxylic acids is 2. The van der Waals surface area contributed by atoms with Crippen molar-refractivity contribution in [2.45, 2.75) is 45.3 Å². The molecular formula is C13H26O5SSi. The lowest BCUT2D eigenvalue weighted by Crippen LogP contribution is -2.41. The number of hydrogen-bond donors (Lipinski definition) is 2. The van der Waals surface area contributed by atoms with E-state index in [0.717, 1.165) is 0 Å². The van der Waals surface area contributed by atoms with Gasteiger partial charge in [-0.2, -0.15) is 11.8 Å². The number of carbonyl (C=O) groups is 2. The first-order chi connectivity index (χ1) is 8.97. The lowest BCUT2D eigenvalue weighted by atomic mass is 10.1. The van der Waals surface area contributed by atoms with E-state index in [1.807, 2.05) is 0 Å². The second-order valence-corrected chi connectivity index (χ2v) is 12.3. The summed E-state index contributed by atoms with van der Waals surface area (Å²) in [6.07, 6.45) is -0.328. The van der Waals surface area contributed by atoms with Crippen LogP contribution in [0.25, 0.3) is 0 Å². The minimum absolute atomic E-state index is 0.157.